The van der Waals surface area contributed by atoms with E-state index in [2.05, 4.69) is 42.7 Å². The third-order valence-electron chi connectivity index (χ3n) is 4.90. The summed E-state index contributed by atoms with van der Waals surface area (Å²) in [5, 5.41) is 3.75. The fraction of sp³-hybridized carbons (Fsp3) is 0.824. The molecule has 0 aromatic carbocycles. The molecule has 20 heavy (non-hydrogen) atoms. The van der Waals surface area contributed by atoms with Crippen LogP contribution in [-0.2, 0) is 13.5 Å². The second kappa shape index (κ2) is 6.75. The lowest BCUT2D eigenvalue weighted by molar-refractivity contribution is 0.213. The van der Waals surface area contributed by atoms with E-state index in [0.717, 1.165) is 18.9 Å². The third-order valence-corrected chi connectivity index (χ3v) is 4.90. The molecule has 1 aromatic rings. The first kappa shape index (κ1) is 15.6. The van der Waals surface area contributed by atoms with Crippen molar-refractivity contribution in [1.29, 1.82) is 0 Å². The molecule has 3 nitrogen and oxygen atoms in total. The lowest BCUT2D eigenvalue weighted by Gasteiger charge is -2.29. The van der Waals surface area contributed by atoms with Gasteiger partial charge in [0.05, 0.1) is 0 Å². The van der Waals surface area contributed by atoms with Crippen molar-refractivity contribution in [1.82, 2.24) is 14.9 Å². The summed E-state index contributed by atoms with van der Waals surface area (Å²) in [5.41, 5.74) is 0.474. The molecule has 0 spiro atoms. The van der Waals surface area contributed by atoms with E-state index in [4.69, 9.17) is 0 Å². The Morgan fingerprint density at radius 1 is 1.25 bits per heavy atom. The average molecular weight is 277 g/mol. The number of hydrogen-bond donors (Lipinski definition) is 1. The molecule has 1 saturated carbocycles. The monoisotopic (exact) mass is 277 g/mol. The van der Waals surface area contributed by atoms with Crippen molar-refractivity contribution in [3.8, 4) is 0 Å². The minimum absolute atomic E-state index is 0.474. The molecule has 1 aliphatic rings. The van der Waals surface area contributed by atoms with Gasteiger partial charge < -0.3 is 9.88 Å². The molecule has 1 aromatic heterocycles. The van der Waals surface area contributed by atoms with Gasteiger partial charge in [-0.15, -0.1) is 0 Å². The minimum Gasteiger partial charge on any atom is -0.338 e. The fourth-order valence-electron chi connectivity index (χ4n) is 3.40. The number of aryl methyl sites for hydroxylation is 1. The topological polar surface area (TPSA) is 29.9 Å². The Balaban J connectivity index is 1.73. The van der Waals surface area contributed by atoms with Gasteiger partial charge in [-0.25, -0.2) is 4.98 Å². The van der Waals surface area contributed by atoms with Crippen LogP contribution in [0.3, 0.4) is 0 Å². The largest absolute Gasteiger partial charge is 0.338 e. The van der Waals surface area contributed by atoms with Gasteiger partial charge in [0.2, 0.25) is 0 Å². The maximum absolute atomic E-state index is 4.38. The Bertz CT molecular complexity index is 403. The first-order valence-corrected chi connectivity index (χ1v) is 8.16. The summed E-state index contributed by atoms with van der Waals surface area (Å²) in [5.74, 6) is 2.07. The minimum atomic E-state index is 0.474. The Kier molecular flexibility index (Phi) is 5.25. The van der Waals surface area contributed by atoms with Gasteiger partial charge in [0.1, 0.15) is 5.82 Å². The first-order chi connectivity index (χ1) is 9.47. The summed E-state index contributed by atoms with van der Waals surface area (Å²) in [6.07, 6.45) is 11.8. The molecule has 0 bridgehead atoms. The van der Waals surface area contributed by atoms with E-state index in [0.29, 0.717) is 11.5 Å². The number of nitrogens with zero attached hydrogens (tertiary/aromatic N) is 2. The van der Waals surface area contributed by atoms with Gasteiger partial charge >= 0.3 is 0 Å². The molecule has 114 valence electrons. The third kappa shape index (κ3) is 4.34. The second-order valence-electron chi connectivity index (χ2n) is 7.43. The number of imidazole rings is 1. The van der Waals surface area contributed by atoms with E-state index in [9.17, 15) is 0 Å². The van der Waals surface area contributed by atoms with Crippen LogP contribution in [0.4, 0.5) is 0 Å². The quantitative estimate of drug-likeness (QED) is 0.853. The maximum atomic E-state index is 4.38. The Morgan fingerprint density at radius 3 is 2.70 bits per heavy atom. The zero-order valence-electron chi connectivity index (χ0n) is 13.7. The summed E-state index contributed by atoms with van der Waals surface area (Å²) in [6.45, 7) is 8.24. The van der Waals surface area contributed by atoms with Crippen molar-refractivity contribution in [3.63, 3.8) is 0 Å². The van der Waals surface area contributed by atoms with Crippen LogP contribution < -0.4 is 5.32 Å². The van der Waals surface area contributed by atoms with Crippen LogP contribution in [0.1, 0.15) is 58.7 Å². The van der Waals surface area contributed by atoms with Gasteiger partial charge in [0, 0.05) is 38.4 Å². The molecule has 1 heterocycles. The van der Waals surface area contributed by atoms with Gasteiger partial charge in [0.15, 0.2) is 0 Å². The number of nitrogens with one attached hydrogen (secondary N) is 1. The van der Waals surface area contributed by atoms with E-state index in [-0.39, 0.29) is 0 Å². The van der Waals surface area contributed by atoms with Crippen molar-refractivity contribution in [2.45, 2.75) is 65.3 Å². The lowest BCUT2D eigenvalue weighted by atomic mass is 9.76. The van der Waals surface area contributed by atoms with Crippen LogP contribution >= 0.6 is 0 Å². The summed E-state index contributed by atoms with van der Waals surface area (Å²) in [7, 11) is 2.07. The molecule has 3 heteroatoms. The summed E-state index contributed by atoms with van der Waals surface area (Å²) in [6, 6.07) is 0.711. The molecule has 0 saturated heterocycles. The molecule has 0 aliphatic heterocycles. The molecule has 2 atom stereocenters. The van der Waals surface area contributed by atoms with Crippen molar-refractivity contribution in [2.24, 2.45) is 18.4 Å². The van der Waals surface area contributed by atoms with E-state index in [1.165, 1.54) is 37.9 Å². The van der Waals surface area contributed by atoms with E-state index >= 15 is 0 Å². The highest BCUT2D eigenvalue weighted by molar-refractivity contribution is 4.92. The molecule has 2 rings (SSSR count). The summed E-state index contributed by atoms with van der Waals surface area (Å²) < 4.78 is 2.12. The van der Waals surface area contributed by atoms with Crippen molar-refractivity contribution < 1.29 is 0 Å². The maximum Gasteiger partial charge on any atom is 0.109 e. The van der Waals surface area contributed by atoms with Crippen LogP contribution in [0.2, 0.25) is 0 Å². The van der Waals surface area contributed by atoms with Crippen molar-refractivity contribution in [3.05, 3.63) is 18.2 Å². The highest BCUT2D eigenvalue weighted by atomic mass is 15.0. The molecule has 1 N–H and O–H groups in total. The number of aromatic nitrogens is 2. The molecule has 1 fully saturated rings. The number of rotatable bonds is 4. The van der Waals surface area contributed by atoms with Crippen LogP contribution in [-0.4, -0.2) is 22.1 Å². The van der Waals surface area contributed by atoms with Crippen LogP contribution in [0, 0.1) is 11.3 Å². The zero-order chi connectivity index (χ0) is 14.6. The second-order valence-corrected chi connectivity index (χ2v) is 7.43. The van der Waals surface area contributed by atoms with Crippen LogP contribution in [0.15, 0.2) is 12.4 Å². The van der Waals surface area contributed by atoms with Gasteiger partial charge in [-0.1, -0.05) is 27.2 Å². The molecular formula is C17H31N3. The van der Waals surface area contributed by atoms with Crippen molar-refractivity contribution in [2.75, 3.05) is 6.54 Å². The highest BCUT2D eigenvalue weighted by Crippen LogP contribution is 2.36. The average Bonchev–Trinajstić information content (AvgIpc) is 2.64. The lowest BCUT2D eigenvalue weighted by Crippen LogP contribution is -2.31. The highest BCUT2D eigenvalue weighted by Gasteiger charge is 2.27. The Morgan fingerprint density at radius 2 is 2.05 bits per heavy atom. The predicted octanol–water partition coefficient (Wildman–Crippen LogP) is 3.55. The normalized spacial score (nSPS) is 24.6. The standard InChI is InChI=1S/C17H31N3/c1-17(2,3)14-6-5-7-15(9-8-14)18-11-10-16-19-12-13-20(16)4/h12-15,18H,5-11H2,1-4H3. The molecule has 0 amide bonds. The summed E-state index contributed by atoms with van der Waals surface area (Å²) >= 11 is 0. The first-order valence-electron chi connectivity index (χ1n) is 8.16. The molecule has 2 unspecified atom stereocenters. The zero-order valence-corrected chi connectivity index (χ0v) is 13.7. The van der Waals surface area contributed by atoms with E-state index in [1.54, 1.807) is 0 Å². The van der Waals surface area contributed by atoms with E-state index < -0.39 is 0 Å². The summed E-state index contributed by atoms with van der Waals surface area (Å²) in [4.78, 5) is 4.38. The van der Waals surface area contributed by atoms with Gasteiger partial charge in [-0.05, 0) is 37.0 Å². The molecular weight excluding hydrogens is 246 g/mol. The van der Waals surface area contributed by atoms with Crippen LogP contribution in [0.5, 0.6) is 0 Å². The predicted molar refractivity (Wildman–Crippen MR) is 84.7 cm³/mol. The van der Waals surface area contributed by atoms with Crippen LogP contribution in [0.25, 0.3) is 0 Å². The molecule has 1 aliphatic carbocycles. The number of hydrogen-bond acceptors (Lipinski definition) is 2. The van der Waals surface area contributed by atoms with E-state index in [1.807, 2.05) is 12.4 Å². The van der Waals surface area contributed by atoms with Gasteiger partial charge in [0.25, 0.3) is 0 Å². The molecule has 0 radical (unpaired) electrons. The SMILES string of the molecule is Cn1ccnc1CCNC1CCCC(C(C)(C)C)CC1. The smallest absolute Gasteiger partial charge is 0.109 e. The Labute approximate surface area is 124 Å². The van der Waals surface area contributed by atoms with Crippen molar-refractivity contribution >= 4 is 0 Å². The Hall–Kier alpha value is -0.830. The van der Waals surface area contributed by atoms with Gasteiger partial charge in [-0.2, -0.15) is 0 Å². The fourth-order valence-corrected chi connectivity index (χ4v) is 3.40. The van der Waals surface area contributed by atoms with Gasteiger partial charge in [-0.3, -0.25) is 0 Å².